The summed E-state index contributed by atoms with van der Waals surface area (Å²) in [6.07, 6.45) is 0. The van der Waals surface area contributed by atoms with Crippen LogP contribution in [0.1, 0.15) is 5.82 Å². The van der Waals surface area contributed by atoms with Crippen LogP contribution in [0.5, 0.6) is 0 Å². The van der Waals surface area contributed by atoms with Gasteiger partial charge < -0.3 is 9.72 Å². The first-order chi connectivity index (χ1) is 9.29. The third-order valence-corrected chi connectivity index (χ3v) is 3.54. The van der Waals surface area contributed by atoms with E-state index in [1.807, 2.05) is 30.3 Å². The molecule has 2 aromatic heterocycles. The number of nitrogens with zero attached hydrogens (tertiary/aromatic N) is 2. The number of rotatable bonds is 3. The average molecular weight is 273 g/mol. The minimum absolute atomic E-state index is 0.170. The standard InChI is InChI=1S/C13H11N3O2S/c1-18-7-9-14-11-10(8-5-3-2-4-6-8)16-19-12(11)13(17)15-9/h2-6H,7H2,1H3,(H,14,15,17). The molecular formula is C13H11N3O2S. The Kier molecular flexibility index (Phi) is 3.10. The molecule has 1 N–H and O–H groups in total. The molecule has 5 nitrogen and oxygen atoms in total. The lowest BCUT2D eigenvalue weighted by molar-refractivity contribution is 0.178. The molecular weight excluding hydrogens is 262 g/mol. The van der Waals surface area contributed by atoms with Crippen molar-refractivity contribution in [3.63, 3.8) is 0 Å². The molecule has 6 heteroatoms. The number of H-pyrrole nitrogens is 1. The molecule has 0 aliphatic carbocycles. The van der Waals surface area contributed by atoms with Crippen molar-refractivity contribution in [2.75, 3.05) is 7.11 Å². The maximum atomic E-state index is 11.9. The van der Waals surface area contributed by atoms with Gasteiger partial charge in [-0.15, -0.1) is 0 Å². The number of benzene rings is 1. The monoisotopic (exact) mass is 273 g/mol. The fraction of sp³-hybridized carbons (Fsp3) is 0.154. The highest BCUT2D eigenvalue weighted by Gasteiger charge is 2.13. The van der Waals surface area contributed by atoms with Gasteiger partial charge in [0.2, 0.25) is 0 Å². The predicted molar refractivity (Wildman–Crippen MR) is 74.2 cm³/mol. The van der Waals surface area contributed by atoms with Gasteiger partial charge in [-0.2, -0.15) is 4.37 Å². The molecule has 96 valence electrons. The van der Waals surface area contributed by atoms with Crippen molar-refractivity contribution in [2.45, 2.75) is 6.61 Å². The lowest BCUT2D eigenvalue weighted by Gasteiger charge is -2.00. The topological polar surface area (TPSA) is 67.9 Å². The first-order valence-corrected chi connectivity index (χ1v) is 6.50. The number of hydrogen-bond donors (Lipinski definition) is 1. The summed E-state index contributed by atoms with van der Waals surface area (Å²) < 4.78 is 9.89. The molecule has 0 unspecified atom stereocenters. The molecule has 1 aromatic carbocycles. The van der Waals surface area contributed by atoms with Crippen LogP contribution in [-0.4, -0.2) is 21.5 Å². The molecule has 3 aromatic rings. The summed E-state index contributed by atoms with van der Waals surface area (Å²) in [6, 6.07) is 9.71. The van der Waals surface area contributed by atoms with Gasteiger partial charge >= 0.3 is 0 Å². The second-order valence-corrected chi connectivity index (χ2v) is 4.79. The fourth-order valence-electron chi connectivity index (χ4n) is 1.88. The number of fused-ring (bicyclic) bond motifs is 1. The molecule has 0 radical (unpaired) electrons. The van der Waals surface area contributed by atoms with Crippen LogP contribution in [0, 0.1) is 0 Å². The van der Waals surface area contributed by atoms with Crippen LogP contribution in [0.15, 0.2) is 35.1 Å². The van der Waals surface area contributed by atoms with Gasteiger partial charge in [0.05, 0.1) is 0 Å². The van der Waals surface area contributed by atoms with Crippen molar-refractivity contribution < 1.29 is 4.74 Å². The smallest absolute Gasteiger partial charge is 0.270 e. The zero-order chi connectivity index (χ0) is 13.2. The minimum Gasteiger partial charge on any atom is -0.377 e. The predicted octanol–water partition coefficient (Wildman–Crippen LogP) is 2.19. The van der Waals surface area contributed by atoms with Gasteiger partial charge in [-0.25, -0.2) is 4.98 Å². The number of aromatic amines is 1. The molecule has 0 amide bonds. The van der Waals surface area contributed by atoms with E-state index in [1.165, 1.54) is 11.5 Å². The van der Waals surface area contributed by atoms with Crippen molar-refractivity contribution >= 4 is 21.7 Å². The van der Waals surface area contributed by atoms with Crippen molar-refractivity contribution in [1.29, 1.82) is 0 Å². The Labute approximate surface area is 113 Å². The van der Waals surface area contributed by atoms with E-state index < -0.39 is 0 Å². The number of methoxy groups -OCH3 is 1. The largest absolute Gasteiger partial charge is 0.377 e. The van der Waals surface area contributed by atoms with Gasteiger partial charge in [-0.05, 0) is 11.5 Å². The molecule has 2 heterocycles. The van der Waals surface area contributed by atoms with Gasteiger partial charge in [0.15, 0.2) is 0 Å². The number of nitrogens with one attached hydrogen (secondary N) is 1. The van der Waals surface area contributed by atoms with E-state index in [2.05, 4.69) is 14.3 Å². The summed E-state index contributed by atoms with van der Waals surface area (Å²) in [5.41, 5.74) is 2.16. The number of hydrogen-bond acceptors (Lipinski definition) is 5. The van der Waals surface area contributed by atoms with E-state index in [-0.39, 0.29) is 12.2 Å². The van der Waals surface area contributed by atoms with Crippen molar-refractivity contribution in [1.82, 2.24) is 14.3 Å². The van der Waals surface area contributed by atoms with Crippen LogP contribution in [0.4, 0.5) is 0 Å². The van der Waals surface area contributed by atoms with Gasteiger partial charge in [-0.3, -0.25) is 4.79 Å². The lowest BCUT2D eigenvalue weighted by Crippen LogP contribution is -2.11. The first-order valence-electron chi connectivity index (χ1n) is 5.72. The summed E-state index contributed by atoms with van der Waals surface area (Å²) in [4.78, 5) is 19.1. The molecule has 0 spiro atoms. The summed E-state index contributed by atoms with van der Waals surface area (Å²) in [7, 11) is 1.56. The van der Waals surface area contributed by atoms with Crippen molar-refractivity contribution in [2.24, 2.45) is 0 Å². The highest BCUT2D eigenvalue weighted by Crippen LogP contribution is 2.27. The van der Waals surface area contributed by atoms with Crippen molar-refractivity contribution in [3.8, 4) is 11.3 Å². The number of aromatic nitrogens is 3. The maximum Gasteiger partial charge on any atom is 0.270 e. The van der Waals surface area contributed by atoms with Crippen LogP contribution in [0.2, 0.25) is 0 Å². The quantitative estimate of drug-likeness (QED) is 0.794. The second kappa shape index (κ2) is 4.91. The maximum absolute atomic E-state index is 11.9. The van der Waals surface area contributed by atoms with Crippen LogP contribution >= 0.6 is 11.5 Å². The average Bonchev–Trinajstić information content (AvgIpc) is 2.84. The van der Waals surface area contributed by atoms with Crippen LogP contribution in [0.25, 0.3) is 21.5 Å². The Bertz CT molecular complexity index is 764. The molecule has 0 bridgehead atoms. The van der Waals surface area contributed by atoms with E-state index in [0.29, 0.717) is 16.0 Å². The SMILES string of the molecule is COCc1nc2c(-c3ccccc3)nsc2c(=O)[nH]1. The van der Waals surface area contributed by atoms with Crippen molar-refractivity contribution in [3.05, 3.63) is 46.5 Å². The molecule has 3 rings (SSSR count). The number of ether oxygens (including phenoxy) is 1. The van der Waals surface area contributed by atoms with Gasteiger partial charge in [0.1, 0.15) is 28.3 Å². The molecule has 0 saturated carbocycles. The highest BCUT2D eigenvalue weighted by atomic mass is 32.1. The first kappa shape index (κ1) is 12.0. The zero-order valence-corrected chi connectivity index (χ0v) is 11.0. The van der Waals surface area contributed by atoms with E-state index in [9.17, 15) is 4.79 Å². The van der Waals surface area contributed by atoms with E-state index in [1.54, 1.807) is 7.11 Å². The third-order valence-electron chi connectivity index (χ3n) is 2.71. The Morgan fingerprint density at radius 3 is 2.84 bits per heavy atom. The van der Waals surface area contributed by atoms with Gasteiger partial charge in [-0.1, -0.05) is 30.3 Å². The van der Waals surface area contributed by atoms with E-state index >= 15 is 0 Å². The summed E-state index contributed by atoms with van der Waals surface area (Å²) in [6.45, 7) is 0.273. The Morgan fingerprint density at radius 2 is 2.11 bits per heavy atom. The second-order valence-electron chi connectivity index (χ2n) is 4.02. The summed E-state index contributed by atoms with van der Waals surface area (Å²) >= 11 is 1.17. The van der Waals surface area contributed by atoms with E-state index in [4.69, 9.17) is 4.74 Å². The van der Waals surface area contributed by atoms with Crippen LogP contribution in [0.3, 0.4) is 0 Å². The molecule has 19 heavy (non-hydrogen) atoms. The summed E-state index contributed by atoms with van der Waals surface area (Å²) in [5.74, 6) is 0.511. The Balaban J connectivity index is 2.24. The molecule has 0 aliphatic rings. The van der Waals surface area contributed by atoms with Crippen LogP contribution < -0.4 is 5.56 Å². The lowest BCUT2D eigenvalue weighted by atomic mass is 10.1. The molecule has 0 aliphatic heterocycles. The normalized spacial score (nSPS) is 11.0. The third kappa shape index (κ3) is 2.16. The van der Waals surface area contributed by atoms with Gasteiger partial charge in [0.25, 0.3) is 5.56 Å². The van der Waals surface area contributed by atoms with Gasteiger partial charge in [0, 0.05) is 12.7 Å². The highest BCUT2D eigenvalue weighted by molar-refractivity contribution is 7.13. The minimum atomic E-state index is -0.170. The zero-order valence-electron chi connectivity index (χ0n) is 10.2. The summed E-state index contributed by atoms with van der Waals surface area (Å²) in [5, 5.41) is 0. The Hall–Kier alpha value is -2.05. The van der Waals surface area contributed by atoms with Crippen LogP contribution in [-0.2, 0) is 11.3 Å². The molecule has 0 saturated heterocycles. The fourth-order valence-corrected chi connectivity index (χ4v) is 2.62. The Morgan fingerprint density at radius 1 is 1.32 bits per heavy atom. The molecule has 0 atom stereocenters. The van der Waals surface area contributed by atoms with E-state index in [0.717, 1.165) is 11.3 Å². The molecule has 0 fully saturated rings.